The van der Waals surface area contributed by atoms with Gasteiger partial charge in [0.1, 0.15) is 11.5 Å². The predicted molar refractivity (Wildman–Crippen MR) is 98.6 cm³/mol. The lowest BCUT2D eigenvalue weighted by Crippen LogP contribution is -2.27. The number of rotatable bonds is 7. The third kappa shape index (κ3) is 4.89. The standard InChI is InChI=1S/C19H22N2O3S/c1-23-16-5-7-17(8-6-16)24-12-13-25-18-9-4-15(14-20-18)19(22)21-10-2-3-11-21/h4-9,14H,2-3,10-13H2,1H3. The zero-order chi connectivity index (χ0) is 17.5. The van der Waals surface area contributed by atoms with Crippen molar-refractivity contribution in [1.82, 2.24) is 9.88 Å². The van der Waals surface area contributed by atoms with Crippen molar-refractivity contribution in [3.05, 3.63) is 48.2 Å². The molecule has 132 valence electrons. The lowest BCUT2D eigenvalue weighted by Gasteiger charge is -2.14. The van der Waals surface area contributed by atoms with E-state index in [1.165, 1.54) is 0 Å². The Kier molecular flexibility index (Phi) is 6.17. The summed E-state index contributed by atoms with van der Waals surface area (Å²) in [6.07, 6.45) is 3.87. The van der Waals surface area contributed by atoms with Gasteiger partial charge in [-0.2, -0.15) is 0 Å². The first-order chi connectivity index (χ1) is 12.3. The summed E-state index contributed by atoms with van der Waals surface area (Å²) in [6, 6.07) is 11.3. The van der Waals surface area contributed by atoms with Gasteiger partial charge in [0.2, 0.25) is 0 Å². The number of amides is 1. The highest BCUT2D eigenvalue weighted by molar-refractivity contribution is 7.99. The van der Waals surface area contributed by atoms with Gasteiger partial charge in [0.15, 0.2) is 0 Å². The Morgan fingerprint density at radius 2 is 1.84 bits per heavy atom. The summed E-state index contributed by atoms with van der Waals surface area (Å²) in [5.41, 5.74) is 0.667. The topological polar surface area (TPSA) is 51.7 Å². The van der Waals surface area contributed by atoms with Crippen molar-refractivity contribution >= 4 is 17.7 Å². The van der Waals surface area contributed by atoms with Crippen LogP contribution in [-0.4, -0.2) is 48.4 Å². The average Bonchev–Trinajstić information content (AvgIpc) is 3.20. The molecule has 0 radical (unpaired) electrons. The summed E-state index contributed by atoms with van der Waals surface area (Å²) >= 11 is 1.61. The van der Waals surface area contributed by atoms with E-state index in [0.717, 1.165) is 48.2 Å². The van der Waals surface area contributed by atoms with Crippen LogP contribution in [0.15, 0.2) is 47.6 Å². The van der Waals surface area contributed by atoms with E-state index in [0.29, 0.717) is 12.2 Å². The van der Waals surface area contributed by atoms with Gasteiger partial charge in [-0.1, -0.05) is 0 Å². The van der Waals surface area contributed by atoms with E-state index in [1.54, 1.807) is 25.1 Å². The van der Waals surface area contributed by atoms with E-state index in [2.05, 4.69) is 4.98 Å². The maximum absolute atomic E-state index is 12.3. The second-order valence-corrected chi connectivity index (χ2v) is 6.87. The number of methoxy groups -OCH3 is 1. The summed E-state index contributed by atoms with van der Waals surface area (Å²) in [5.74, 6) is 2.51. The summed E-state index contributed by atoms with van der Waals surface area (Å²) < 4.78 is 10.8. The minimum atomic E-state index is 0.0874. The third-order valence-corrected chi connectivity index (χ3v) is 4.95. The van der Waals surface area contributed by atoms with E-state index in [1.807, 2.05) is 41.3 Å². The molecule has 1 aromatic carbocycles. The Morgan fingerprint density at radius 1 is 1.12 bits per heavy atom. The van der Waals surface area contributed by atoms with Gasteiger partial charge >= 0.3 is 0 Å². The van der Waals surface area contributed by atoms with Crippen LogP contribution in [0, 0.1) is 0 Å². The Balaban J connectivity index is 1.43. The molecule has 0 bridgehead atoms. The van der Waals surface area contributed by atoms with E-state index in [9.17, 15) is 4.79 Å². The van der Waals surface area contributed by atoms with Crippen molar-refractivity contribution in [1.29, 1.82) is 0 Å². The van der Waals surface area contributed by atoms with E-state index in [-0.39, 0.29) is 5.91 Å². The molecule has 0 N–H and O–H groups in total. The highest BCUT2D eigenvalue weighted by atomic mass is 32.2. The van der Waals surface area contributed by atoms with Gasteiger partial charge < -0.3 is 14.4 Å². The molecular formula is C19H22N2O3S. The zero-order valence-corrected chi connectivity index (χ0v) is 15.1. The second kappa shape index (κ2) is 8.76. The van der Waals surface area contributed by atoms with Gasteiger partial charge in [-0.25, -0.2) is 4.98 Å². The van der Waals surface area contributed by atoms with Crippen LogP contribution < -0.4 is 9.47 Å². The first kappa shape index (κ1) is 17.6. The maximum atomic E-state index is 12.3. The molecule has 25 heavy (non-hydrogen) atoms. The Bertz CT molecular complexity index is 683. The fourth-order valence-corrected chi connectivity index (χ4v) is 3.34. The average molecular weight is 358 g/mol. The monoisotopic (exact) mass is 358 g/mol. The predicted octanol–water partition coefficient (Wildman–Crippen LogP) is 3.50. The summed E-state index contributed by atoms with van der Waals surface area (Å²) in [7, 11) is 1.64. The molecule has 0 atom stereocenters. The SMILES string of the molecule is COc1ccc(OCCSc2ccc(C(=O)N3CCCC3)cn2)cc1. The number of carbonyl (C=O) groups excluding carboxylic acids is 1. The number of pyridine rings is 1. The minimum absolute atomic E-state index is 0.0874. The van der Waals surface area contributed by atoms with Gasteiger partial charge in [-0.15, -0.1) is 11.8 Å². The highest BCUT2D eigenvalue weighted by Gasteiger charge is 2.19. The molecule has 0 saturated carbocycles. The van der Waals surface area contributed by atoms with Gasteiger partial charge in [0, 0.05) is 25.0 Å². The third-order valence-electron chi connectivity index (χ3n) is 4.04. The molecule has 6 heteroatoms. The normalized spacial score (nSPS) is 13.7. The number of carbonyl (C=O) groups is 1. The molecule has 3 rings (SSSR count). The molecule has 1 fully saturated rings. The van der Waals surface area contributed by atoms with Crippen molar-refractivity contribution in [3.63, 3.8) is 0 Å². The van der Waals surface area contributed by atoms with E-state index < -0.39 is 0 Å². The molecule has 2 heterocycles. The molecule has 1 aliphatic rings. The summed E-state index contributed by atoms with van der Waals surface area (Å²) in [4.78, 5) is 18.5. The van der Waals surface area contributed by atoms with Crippen molar-refractivity contribution in [2.24, 2.45) is 0 Å². The smallest absolute Gasteiger partial charge is 0.255 e. The van der Waals surface area contributed by atoms with Crippen LogP contribution in [0.2, 0.25) is 0 Å². The van der Waals surface area contributed by atoms with Crippen LogP contribution >= 0.6 is 11.8 Å². The van der Waals surface area contributed by atoms with Gasteiger partial charge in [-0.3, -0.25) is 4.79 Å². The lowest BCUT2D eigenvalue weighted by atomic mass is 10.2. The molecule has 1 aliphatic heterocycles. The number of ether oxygens (including phenoxy) is 2. The molecule has 0 unspecified atom stereocenters. The van der Waals surface area contributed by atoms with E-state index in [4.69, 9.17) is 9.47 Å². The van der Waals surface area contributed by atoms with Crippen molar-refractivity contribution in [3.8, 4) is 11.5 Å². The number of aromatic nitrogens is 1. The molecular weight excluding hydrogens is 336 g/mol. The summed E-state index contributed by atoms with van der Waals surface area (Å²) in [6.45, 7) is 2.31. The molecule has 1 aromatic heterocycles. The Hall–Kier alpha value is -2.21. The first-order valence-corrected chi connectivity index (χ1v) is 9.40. The molecule has 5 nitrogen and oxygen atoms in total. The zero-order valence-electron chi connectivity index (χ0n) is 14.3. The van der Waals surface area contributed by atoms with Crippen LogP contribution in [0.1, 0.15) is 23.2 Å². The first-order valence-electron chi connectivity index (χ1n) is 8.41. The van der Waals surface area contributed by atoms with Gasteiger partial charge in [0.25, 0.3) is 5.91 Å². The van der Waals surface area contributed by atoms with E-state index >= 15 is 0 Å². The van der Waals surface area contributed by atoms with Crippen LogP contribution in [0.25, 0.3) is 0 Å². The highest BCUT2D eigenvalue weighted by Crippen LogP contribution is 2.20. The molecule has 0 aliphatic carbocycles. The fraction of sp³-hybridized carbons (Fsp3) is 0.368. The van der Waals surface area contributed by atoms with Crippen LogP contribution in [-0.2, 0) is 0 Å². The molecule has 2 aromatic rings. The number of hydrogen-bond donors (Lipinski definition) is 0. The second-order valence-electron chi connectivity index (χ2n) is 5.76. The Morgan fingerprint density at radius 3 is 2.48 bits per heavy atom. The van der Waals surface area contributed by atoms with Crippen molar-refractivity contribution in [2.75, 3.05) is 32.6 Å². The number of nitrogens with zero attached hydrogens (tertiary/aromatic N) is 2. The minimum Gasteiger partial charge on any atom is -0.497 e. The lowest BCUT2D eigenvalue weighted by molar-refractivity contribution is 0.0792. The molecule has 0 spiro atoms. The van der Waals surface area contributed by atoms with Crippen LogP contribution in [0.5, 0.6) is 11.5 Å². The molecule has 1 amide bonds. The van der Waals surface area contributed by atoms with Crippen molar-refractivity contribution < 1.29 is 14.3 Å². The number of thioether (sulfide) groups is 1. The Labute approximate surface area is 152 Å². The summed E-state index contributed by atoms with van der Waals surface area (Å²) in [5, 5.41) is 0.899. The van der Waals surface area contributed by atoms with Crippen molar-refractivity contribution in [2.45, 2.75) is 17.9 Å². The van der Waals surface area contributed by atoms with Gasteiger partial charge in [-0.05, 0) is 49.2 Å². The van der Waals surface area contributed by atoms with Gasteiger partial charge in [0.05, 0.1) is 24.3 Å². The number of hydrogen-bond acceptors (Lipinski definition) is 5. The van der Waals surface area contributed by atoms with Crippen LogP contribution in [0.3, 0.4) is 0 Å². The molecule has 1 saturated heterocycles. The largest absolute Gasteiger partial charge is 0.497 e. The number of benzene rings is 1. The number of likely N-dealkylation sites (tertiary alicyclic amines) is 1. The van der Waals surface area contributed by atoms with Crippen LogP contribution in [0.4, 0.5) is 0 Å². The maximum Gasteiger partial charge on any atom is 0.255 e. The quantitative estimate of drug-likeness (QED) is 0.560. The fourth-order valence-electron chi connectivity index (χ4n) is 2.67.